The number of nitrogens with zero attached hydrogens (tertiary/aromatic N) is 1. The van der Waals surface area contributed by atoms with Gasteiger partial charge in [-0.3, -0.25) is 14.5 Å². The standard InChI is InChI=1S/C41H53NO7Si2/c1-40(2,3)50(7,8)48-29-16-18-33-34(25-29)46-23-21-32-31-17-15-30(49-51(9,10)41(4,5)6)26-35(31)47-39(38(32)33)27-11-13-28(14-12-27)45-24-22-42-36(43)19-20-37(42)44/h11-18,25-26,39H,19-24H2,1-10H3. The van der Waals surface area contributed by atoms with Crippen molar-refractivity contribution >= 4 is 39.6 Å². The van der Waals surface area contributed by atoms with Gasteiger partial charge in [-0.2, -0.15) is 0 Å². The summed E-state index contributed by atoms with van der Waals surface area (Å²) in [5.41, 5.74) is 5.27. The molecule has 272 valence electrons. The van der Waals surface area contributed by atoms with Crippen molar-refractivity contribution in [2.75, 3.05) is 19.8 Å². The Kier molecular flexibility index (Phi) is 9.73. The van der Waals surface area contributed by atoms with Crippen LogP contribution in [0.3, 0.4) is 0 Å². The molecule has 3 aromatic carbocycles. The minimum absolute atomic E-state index is 0.0564. The summed E-state index contributed by atoms with van der Waals surface area (Å²) in [6.45, 7) is 23.5. The van der Waals surface area contributed by atoms with Crippen molar-refractivity contribution in [3.05, 3.63) is 77.4 Å². The topological polar surface area (TPSA) is 83.5 Å². The normalized spacial score (nSPS) is 17.9. The third-order valence-electron chi connectivity index (χ3n) is 11.2. The molecule has 1 fully saturated rings. The second-order valence-electron chi connectivity index (χ2n) is 16.9. The monoisotopic (exact) mass is 727 g/mol. The van der Waals surface area contributed by atoms with Crippen LogP contribution in [0.25, 0.3) is 11.1 Å². The SMILES string of the molecule is CC(C)(C)[Si](C)(C)Oc1ccc2c(c1)OC(c1ccc(OCCN3C(=O)CCC3=O)cc1)C1=C2CCOc2cc(O[Si](C)(C)C(C)(C)C)ccc21. The van der Waals surface area contributed by atoms with Crippen molar-refractivity contribution in [2.24, 2.45) is 0 Å². The van der Waals surface area contributed by atoms with E-state index in [0.29, 0.717) is 18.8 Å². The maximum absolute atomic E-state index is 12.0. The molecule has 3 heterocycles. The van der Waals surface area contributed by atoms with Crippen molar-refractivity contribution in [1.82, 2.24) is 4.90 Å². The molecule has 1 unspecified atom stereocenters. The first-order valence-corrected chi connectivity index (χ1v) is 23.9. The maximum atomic E-state index is 12.0. The van der Waals surface area contributed by atoms with Gasteiger partial charge in [-0.15, -0.1) is 0 Å². The van der Waals surface area contributed by atoms with Crippen LogP contribution in [-0.2, 0) is 9.59 Å². The highest BCUT2D eigenvalue weighted by Gasteiger charge is 2.41. The number of rotatable bonds is 9. The number of imide groups is 1. The van der Waals surface area contributed by atoms with Gasteiger partial charge in [0, 0.05) is 48.1 Å². The van der Waals surface area contributed by atoms with Crippen LogP contribution in [0.1, 0.15) is 83.6 Å². The highest BCUT2D eigenvalue weighted by Crippen LogP contribution is 2.53. The summed E-state index contributed by atoms with van der Waals surface area (Å²) in [6, 6.07) is 20.4. The van der Waals surface area contributed by atoms with Gasteiger partial charge < -0.3 is 23.1 Å². The Balaban J connectivity index is 1.36. The minimum atomic E-state index is -2.08. The van der Waals surface area contributed by atoms with Gasteiger partial charge in [0.2, 0.25) is 28.4 Å². The Bertz CT molecular complexity index is 1830. The molecule has 0 spiro atoms. The number of hydrogen-bond acceptors (Lipinski definition) is 7. The number of hydrogen-bond donors (Lipinski definition) is 0. The molecule has 3 aliphatic heterocycles. The average molecular weight is 728 g/mol. The zero-order valence-corrected chi connectivity index (χ0v) is 33.9. The summed E-state index contributed by atoms with van der Waals surface area (Å²) < 4.78 is 32.8. The summed E-state index contributed by atoms with van der Waals surface area (Å²) in [5.74, 6) is 3.60. The molecular weight excluding hydrogens is 675 g/mol. The van der Waals surface area contributed by atoms with E-state index in [9.17, 15) is 9.59 Å². The Morgan fingerprint density at radius 2 is 1.24 bits per heavy atom. The van der Waals surface area contributed by atoms with E-state index in [2.05, 4.69) is 92.0 Å². The van der Waals surface area contributed by atoms with Crippen LogP contribution >= 0.6 is 0 Å². The van der Waals surface area contributed by atoms with Crippen LogP contribution in [0.4, 0.5) is 0 Å². The van der Waals surface area contributed by atoms with Crippen molar-refractivity contribution in [1.29, 1.82) is 0 Å². The van der Waals surface area contributed by atoms with E-state index < -0.39 is 22.7 Å². The Morgan fingerprint density at radius 3 is 1.80 bits per heavy atom. The predicted octanol–water partition coefficient (Wildman–Crippen LogP) is 9.81. The summed E-state index contributed by atoms with van der Waals surface area (Å²) >= 11 is 0. The Labute approximate surface area is 305 Å². The fourth-order valence-electron chi connectivity index (χ4n) is 6.14. The molecule has 51 heavy (non-hydrogen) atoms. The van der Waals surface area contributed by atoms with E-state index in [1.807, 2.05) is 36.4 Å². The molecule has 0 aliphatic carbocycles. The summed E-state index contributed by atoms with van der Waals surface area (Å²) in [6.07, 6.45) is 0.849. The zero-order chi connectivity index (χ0) is 36.9. The maximum Gasteiger partial charge on any atom is 0.250 e. The van der Waals surface area contributed by atoms with Crippen molar-refractivity contribution in [3.8, 4) is 28.7 Å². The average Bonchev–Trinajstić information content (AvgIpc) is 3.24. The third-order valence-corrected chi connectivity index (χ3v) is 20.0. The molecule has 2 amide bonds. The number of likely N-dealkylation sites (tertiary alicyclic amines) is 1. The lowest BCUT2D eigenvalue weighted by molar-refractivity contribution is -0.138. The fraction of sp³-hybridized carbons (Fsp3) is 0.463. The number of carbonyl (C=O) groups is 2. The van der Waals surface area contributed by atoms with E-state index in [1.54, 1.807) is 0 Å². The van der Waals surface area contributed by atoms with Crippen LogP contribution in [0.2, 0.25) is 36.3 Å². The number of fused-ring (bicyclic) bond motifs is 4. The molecule has 1 atom stereocenters. The summed E-state index contributed by atoms with van der Waals surface area (Å²) in [5, 5.41) is 0.120. The number of carbonyl (C=O) groups excluding carboxylic acids is 2. The number of ether oxygens (including phenoxy) is 3. The van der Waals surface area contributed by atoms with Gasteiger partial charge >= 0.3 is 0 Å². The first kappa shape index (κ1) is 36.8. The quantitative estimate of drug-likeness (QED) is 0.160. The van der Waals surface area contributed by atoms with Crippen LogP contribution in [-0.4, -0.2) is 53.1 Å². The Hall–Kier alpha value is -4.03. The minimum Gasteiger partial charge on any atom is -0.543 e. The molecule has 0 N–H and O–H groups in total. The lowest BCUT2D eigenvalue weighted by Gasteiger charge is -2.37. The largest absolute Gasteiger partial charge is 0.543 e. The van der Waals surface area contributed by atoms with Crippen molar-refractivity contribution in [2.45, 2.75) is 103 Å². The Morgan fingerprint density at radius 1 is 0.706 bits per heavy atom. The molecule has 3 aliphatic rings. The van der Waals surface area contributed by atoms with Gasteiger partial charge in [0.25, 0.3) is 0 Å². The van der Waals surface area contributed by atoms with Crippen LogP contribution in [0.15, 0.2) is 60.7 Å². The molecule has 3 aromatic rings. The van der Waals surface area contributed by atoms with E-state index in [1.165, 1.54) is 10.5 Å². The highest BCUT2D eigenvalue weighted by molar-refractivity contribution is 6.75. The molecule has 1 saturated heterocycles. The smallest absolute Gasteiger partial charge is 0.250 e. The van der Waals surface area contributed by atoms with Gasteiger partial charge in [0.05, 0.1) is 13.2 Å². The van der Waals surface area contributed by atoms with E-state index in [4.69, 9.17) is 23.1 Å². The summed E-state index contributed by atoms with van der Waals surface area (Å²) in [7, 11) is -4.15. The number of benzene rings is 3. The molecule has 6 rings (SSSR count). The predicted molar refractivity (Wildman–Crippen MR) is 207 cm³/mol. The highest BCUT2D eigenvalue weighted by atomic mass is 28.4. The molecule has 0 aromatic heterocycles. The van der Waals surface area contributed by atoms with E-state index in [-0.39, 0.29) is 47.9 Å². The lowest BCUT2D eigenvalue weighted by atomic mass is 9.84. The van der Waals surface area contributed by atoms with Gasteiger partial charge in [0.1, 0.15) is 41.5 Å². The van der Waals surface area contributed by atoms with Crippen LogP contribution in [0, 0.1) is 0 Å². The van der Waals surface area contributed by atoms with Crippen molar-refractivity contribution in [3.63, 3.8) is 0 Å². The zero-order valence-electron chi connectivity index (χ0n) is 31.9. The second kappa shape index (κ2) is 13.5. The van der Waals surface area contributed by atoms with E-state index in [0.717, 1.165) is 45.3 Å². The lowest BCUT2D eigenvalue weighted by Crippen LogP contribution is -2.43. The molecule has 10 heteroatoms. The first-order chi connectivity index (χ1) is 23.8. The van der Waals surface area contributed by atoms with E-state index >= 15 is 0 Å². The van der Waals surface area contributed by atoms with Gasteiger partial charge in [-0.05, 0) is 83.8 Å². The molecule has 0 saturated carbocycles. The van der Waals surface area contributed by atoms with Crippen molar-refractivity contribution < 1.29 is 32.7 Å². The summed E-state index contributed by atoms with van der Waals surface area (Å²) in [4.78, 5) is 25.3. The molecule has 8 nitrogen and oxygen atoms in total. The number of amides is 2. The molecule has 0 bridgehead atoms. The van der Waals surface area contributed by atoms with Gasteiger partial charge in [-0.1, -0.05) is 53.7 Å². The van der Waals surface area contributed by atoms with Crippen LogP contribution < -0.4 is 23.1 Å². The third kappa shape index (κ3) is 7.49. The fourth-order valence-corrected chi connectivity index (χ4v) is 8.19. The van der Waals surface area contributed by atoms with Gasteiger partial charge in [-0.25, -0.2) is 0 Å². The molecule has 0 radical (unpaired) electrons. The molecular formula is C41H53NO7Si2. The van der Waals surface area contributed by atoms with Crippen LogP contribution in [0.5, 0.6) is 28.7 Å². The van der Waals surface area contributed by atoms with Gasteiger partial charge in [0.15, 0.2) is 0 Å². The first-order valence-electron chi connectivity index (χ1n) is 18.1. The second-order valence-corrected chi connectivity index (χ2v) is 26.3.